The standard InChI is InChI=1S/C25H23FN4O2S/c1-17-7-13-20(14-8-17)30-23(15-27-24(31)21-5-3-4-6-22(21)32-2)28-29-25(30)33-16-18-9-11-19(26)12-10-18/h3-14H,15-16H2,1-2H3,(H,27,31). The molecule has 1 heterocycles. The lowest BCUT2D eigenvalue weighted by atomic mass is 10.2. The molecule has 0 atom stereocenters. The minimum atomic E-state index is -0.264. The van der Waals surface area contributed by atoms with E-state index in [9.17, 15) is 9.18 Å². The van der Waals surface area contributed by atoms with E-state index in [1.807, 2.05) is 41.8 Å². The second kappa shape index (κ2) is 10.3. The zero-order chi connectivity index (χ0) is 23.2. The number of aromatic nitrogens is 3. The summed E-state index contributed by atoms with van der Waals surface area (Å²) < 4.78 is 20.4. The average Bonchev–Trinajstić information content (AvgIpc) is 3.25. The number of nitrogens with zero attached hydrogens (tertiary/aromatic N) is 3. The lowest BCUT2D eigenvalue weighted by Crippen LogP contribution is -2.25. The molecule has 1 amide bonds. The SMILES string of the molecule is COc1ccccc1C(=O)NCc1nnc(SCc2ccc(F)cc2)n1-c1ccc(C)cc1. The van der Waals surface area contributed by atoms with Crippen LogP contribution in [0.4, 0.5) is 4.39 Å². The van der Waals surface area contributed by atoms with Gasteiger partial charge in [-0.25, -0.2) is 4.39 Å². The van der Waals surface area contributed by atoms with Gasteiger partial charge in [0.2, 0.25) is 0 Å². The molecule has 168 valence electrons. The van der Waals surface area contributed by atoms with E-state index in [-0.39, 0.29) is 18.3 Å². The fraction of sp³-hybridized carbons (Fsp3) is 0.160. The Morgan fingerprint density at radius 1 is 1.03 bits per heavy atom. The number of methoxy groups -OCH3 is 1. The van der Waals surface area contributed by atoms with E-state index in [2.05, 4.69) is 15.5 Å². The van der Waals surface area contributed by atoms with Crippen LogP contribution < -0.4 is 10.1 Å². The summed E-state index contributed by atoms with van der Waals surface area (Å²) in [6, 6.07) is 21.5. The third kappa shape index (κ3) is 5.40. The normalized spacial score (nSPS) is 10.8. The molecule has 1 N–H and O–H groups in total. The summed E-state index contributed by atoms with van der Waals surface area (Å²) in [7, 11) is 1.53. The van der Waals surface area contributed by atoms with Crippen molar-refractivity contribution in [1.29, 1.82) is 0 Å². The van der Waals surface area contributed by atoms with E-state index >= 15 is 0 Å². The van der Waals surface area contributed by atoms with Crippen molar-refractivity contribution in [2.75, 3.05) is 7.11 Å². The number of nitrogens with one attached hydrogen (secondary N) is 1. The zero-order valence-electron chi connectivity index (χ0n) is 18.3. The number of para-hydroxylation sites is 1. The van der Waals surface area contributed by atoms with E-state index < -0.39 is 0 Å². The monoisotopic (exact) mass is 462 g/mol. The molecular weight excluding hydrogens is 439 g/mol. The van der Waals surface area contributed by atoms with Gasteiger partial charge in [0, 0.05) is 11.4 Å². The highest BCUT2D eigenvalue weighted by molar-refractivity contribution is 7.98. The maximum atomic E-state index is 13.2. The zero-order valence-corrected chi connectivity index (χ0v) is 19.1. The van der Waals surface area contributed by atoms with E-state index in [4.69, 9.17) is 4.74 Å². The van der Waals surface area contributed by atoms with Crippen molar-refractivity contribution in [2.24, 2.45) is 0 Å². The van der Waals surface area contributed by atoms with Gasteiger partial charge in [0.25, 0.3) is 5.91 Å². The van der Waals surface area contributed by atoms with Crippen molar-refractivity contribution in [3.63, 3.8) is 0 Å². The van der Waals surface area contributed by atoms with Gasteiger partial charge in [0.15, 0.2) is 11.0 Å². The van der Waals surface area contributed by atoms with Crippen molar-refractivity contribution in [2.45, 2.75) is 24.4 Å². The van der Waals surface area contributed by atoms with Crippen molar-refractivity contribution in [3.05, 3.63) is 101 Å². The van der Waals surface area contributed by atoms with Gasteiger partial charge in [0.1, 0.15) is 11.6 Å². The van der Waals surface area contributed by atoms with Crippen molar-refractivity contribution in [1.82, 2.24) is 20.1 Å². The lowest BCUT2D eigenvalue weighted by Gasteiger charge is -2.12. The molecule has 4 rings (SSSR count). The summed E-state index contributed by atoms with van der Waals surface area (Å²) in [5.41, 5.74) is 3.46. The van der Waals surface area contributed by atoms with E-state index in [1.165, 1.54) is 31.0 Å². The Hall–Kier alpha value is -3.65. The Kier molecular flexibility index (Phi) is 7.04. The van der Waals surface area contributed by atoms with Crippen LogP contribution in [0.1, 0.15) is 27.3 Å². The molecule has 0 bridgehead atoms. The summed E-state index contributed by atoms with van der Waals surface area (Å²) in [6.07, 6.45) is 0. The number of carbonyl (C=O) groups is 1. The van der Waals surface area contributed by atoms with E-state index in [1.54, 1.807) is 30.3 Å². The number of carbonyl (C=O) groups excluding carboxylic acids is 1. The van der Waals surface area contributed by atoms with Crippen LogP contribution in [-0.2, 0) is 12.3 Å². The second-order valence-corrected chi connectivity index (χ2v) is 8.31. The number of thioether (sulfide) groups is 1. The Balaban J connectivity index is 1.57. The molecular formula is C25H23FN4O2S. The molecule has 1 aromatic heterocycles. The molecule has 33 heavy (non-hydrogen) atoms. The summed E-state index contributed by atoms with van der Waals surface area (Å²) in [5, 5.41) is 12.3. The smallest absolute Gasteiger partial charge is 0.255 e. The maximum absolute atomic E-state index is 13.2. The topological polar surface area (TPSA) is 69.0 Å². The van der Waals surface area contributed by atoms with Gasteiger partial charge in [-0.15, -0.1) is 10.2 Å². The molecule has 0 aliphatic rings. The Labute approximate surface area is 195 Å². The first kappa shape index (κ1) is 22.5. The van der Waals surface area contributed by atoms with Gasteiger partial charge >= 0.3 is 0 Å². The highest BCUT2D eigenvalue weighted by Crippen LogP contribution is 2.26. The number of halogens is 1. The first-order valence-corrected chi connectivity index (χ1v) is 11.3. The van der Waals surface area contributed by atoms with Crippen LogP contribution in [0.3, 0.4) is 0 Å². The number of hydrogen-bond acceptors (Lipinski definition) is 5. The number of aryl methyl sites for hydroxylation is 1. The minimum Gasteiger partial charge on any atom is -0.496 e. The third-order valence-corrected chi connectivity index (χ3v) is 6.03. The molecule has 0 saturated carbocycles. The number of hydrogen-bond donors (Lipinski definition) is 1. The fourth-order valence-corrected chi connectivity index (χ4v) is 4.20. The fourth-order valence-electron chi connectivity index (χ4n) is 3.28. The van der Waals surface area contributed by atoms with Crippen molar-refractivity contribution >= 4 is 17.7 Å². The van der Waals surface area contributed by atoms with Crippen LogP contribution in [0.2, 0.25) is 0 Å². The van der Waals surface area contributed by atoms with Crippen LogP contribution >= 0.6 is 11.8 Å². The summed E-state index contributed by atoms with van der Waals surface area (Å²) in [5.74, 6) is 1.19. The Morgan fingerprint density at radius 3 is 2.48 bits per heavy atom. The predicted molar refractivity (Wildman–Crippen MR) is 126 cm³/mol. The predicted octanol–water partition coefficient (Wildman–Crippen LogP) is 4.95. The van der Waals surface area contributed by atoms with E-state index in [0.717, 1.165) is 16.8 Å². The molecule has 0 unspecified atom stereocenters. The first-order valence-electron chi connectivity index (χ1n) is 10.3. The van der Waals surface area contributed by atoms with Crippen LogP contribution in [0, 0.1) is 12.7 Å². The average molecular weight is 463 g/mol. The van der Waals surface area contributed by atoms with Gasteiger partial charge in [-0.05, 0) is 48.9 Å². The molecule has 0 fully saturated rings. The largest absolute Gasteiger partial charge is 0.496 e. The minimum absolute atomic E-state index is 0.189. The highest BCUT2D eigenvalue weighted by atomic mass is 32.2. The van der Waals surface area contributed by atoms with Gasteiger partial charge in [-0.1, -0.05) is 53.7 Å². The van der Waals surface area contributed by atoms with Crippen molar-refractivity contribution < 1.29 is 13.9 Å². The van der Waals surface area contributed by atoms with Crippen LogP contribution in [-0.4, -0.2) is 27.8 Å². The number of benzene rings is 3. The van der Waals surface area contributed by atoms with Crippen molar-refractivity contribution in [3.8, 4) is 11.4 Å². The molecule has 0 radical (unpaired) electrons. The molecule has 8 heteroatoms. The third-order valence-electron chi connectivity index (χ3n) is 5.03. The van der Waals surface area contributed by atoms with Gasteiger partial charge in [-0.3, -0.25) is 9.36 Å². The number of amides is 1. The van der Waals surface area contributed by atoms with Gasteiger partial charge < -0.3 is 10.1 Å². The second-order valence-electron chi connectivity index (χ2n) is 7.37. The summed E-state index contributed by atoms with van der Waals surface area (Å²) in [4.78, 5) is 12.8. The molecule has 6 nitrogen and oxygen atoms in total. The first-order chi connectivity index (χ1) is 16.0. The van der Waals surface area contributed by atoms with Crippen LogP contribution in [0.25, 0.3) is 5.69 Å². The van der Waals surface area contributed by atoms with Crippen LogP contribution in [0.15, 0.2) is 78.0 Å². The quantitative estimate of drug-likeness (QED) is 0.376. The Morgan fingerprint density at radius 2 is 1.76 bits per heavy atom. The molecule has 0 aliphatic heterocycles. The number of rotatable bonds is 8. The maximum Gasteiger partial charge on any atom is 0.255 e. The highest BCUT2D eigenvalue weighted by Gasteiger charge is 2.17. The molecule has 4 aromatic rings. The molecule has 0 spiro atoms. The summed E-state index contributed by atoms with van der Waals surface area (Å²) in [6.45, 7) is 2.21. The van der Waals surface area contributed by atoms with E-state index in [0.29, 0.717) is 28.0 Å². The molecule has 0 aliphatic carbocycles. The summed E-state index contributed by atoms with van der Waals surface area (Å²) >= 11 is 1.50. The van der Waals surface area contributed by atoms with Gasteiger partial charge in [-0.2, -0.15) is 0 Å². The number of ether oxygens (including phenoxy) is 1. The molecule has 0 saturated heterocycles. The molecule has 3 aromatic carbocycles. The lowest BCUT2D eigenvalue weighted by molar-refractivity contribution is 0.0946. The van der Waals surface area contributed by atoms with Crippen LogP contribution in [0.5, 0.6) is 5.75 Å². The van der Waals surface area contributed by atoms with Gasteiger partial charge in [0.05, 0.1) is 19.2 Å². The Bertz CT molecular complexity index is 1240.